The topological polar surface area (TPSA) is 26.3 Å². The Hall–Kier alpha value is -0.630. The number of hydrogen-bond acceptors (Lipinski definition) is 2. The first-order chi connectivity index (χ1) is 9.67. The van der Waals surface area contributed by atoms with Gasteiger partial charge in [0.25, 0.3) is 0 Å². The summed E-state index contributed by atoms with van der Waals surface area (Å²) in [7, 11) is 3.25. The standard InChI is InChI=1S/C9H16O.C7H16.C2H6O/c1-3-5-7-9(8-10)6-4-2;1-3-5-7-6-4-2;1-3-2/h7-8H,3-6H2,1-2H3;3-7H2,1-2H3;1-2H3/b9-7-;;. The van der Waals surface area contributed by atoms with Gasteiger partial charge >= 0.3 is 0 Å². The van der Waals surface area contributed by atoms with Crippen LogP contribution in [0.3, 0.4) is 0 Å². The van der Waals surface area contributed by atoms with Gasteiger partial charge in [0.05, 0.1) is 0 Å². The second-order valence-electron chi connectivity index (χ2n) is 4.90. The van der Waals surface area contributed by atoms with Crippen molar-refractivity contribution in [2.45, 2.75) is 85.5 Å². The molecular weight excluding hydrogens is 248 g/mol. The molecule has 0 spiro atoms. The second kappa shape index (κ2) is 26.8. The average molecular weight is 286 g/mol. The molecule has 0 atom stereocenters. The predicted octanol–water partition coefficient (Wildman–Crippen LogP) is 5.95. The van der Waals surface area contributed by atoms with Crippen LogP contribution in [0.1, 0.15) is 85.5 Å². The fraction of sp³-hybridized carbons (Fsp3) is 0.833. The van der Waals surface area contributed by atoms with E-state index in [-0.39, 0.29) is 0 Å². The van der Waals surface area contributed by atoms with Gasteiger partial charge in [-0.2, -0.15) is 0 Å². The molecule has 0 saturated heterocycles. The quantitative estimate of drug-likeness (QED) is 0.297. The maximum Gasteiger partial charge on any atom is 0.145 e. The molecule has 0 saturated carbocycles. The molecule has 0 bridgehead atoms. The normalized spacial score (nSPS) is 10.0. The Labute approximate surface area is 128 Å². The van der Waals surface area contributed by atoms with E-state index in [1.165, 1.54) is 32.1 Å². The van der Waals surface area contributed by atoms with Crippen molar-refractivity contribution in [2.24, 2.45) is 0 Å². The fourth-order valence-corrected chi connectivity index (χ4v) is 1.50. The van der Waals surface area contributed by atoms with Crippen molar-refractivity contribution in [1.82, 2.24) is 0 Å². The van der Waals surface area contributed by atoms with Crippen LogP contribution in [0.5, 0.6) is 0 Å². The van der Waals surface area contributed by atoms with Crippen molar-refractivity contribution in [3.8, 4) is 0 Å². The fourth-order valence-electron chi connectivity index (χ4n) is 1.50. The van der Waals surface area contributed by atoms with Crippen molar-refractivity contribution >= 4 is 6.29 Å². The van der Waals surface area contributed by atoms with Gasteiger partial charge in [0.2, 0.25) is 0 Å². The van der Waals surface area contributed by atoms with Crippen LogP contribution < -0.4 is 0 Å². The molecular formula is C18H38O2. The second-order valence-corrected chi connectivity index (χ2v) is 4.90. The first-order valence-corrected chi connectivity index (χ1v) is 8.22. The van der Waals surface area contributed by atoms with Crippen LogP contribution in [0, 0.1) is 0 Å². The molecule has 0 aromatic rings. The molecule has 0 aliphatic heterocycles. The highest BCUT2D eigenvalue weighted by Gasteiger charge is 1.90. The van der Waals surface area contributed by atoms with Gasteiger partial charge in [-0.3, -0.25) is 4.79 Å². The summed E-state index contributed by atoms with van der Waals surface area (Å²) in [6.45, 7) is 8.69. The lowest BCUT2D eigenvalue weighted by Gasteiger charge is -1.93. The summed E-state index contributed by atoms with van der Waals surface area (Å²) >= 11 is 0. The van der Waals surface area contributed by atoms with Crippen LogP contribution in [-0.2, 0) is 9.53 Å². The van der Waals surface area contributed by atoms with Crippen molar-refractivity contribution in [1.29, 1.82) is 0 Å². The first-order valence-electron chi connectivity index (χ1n) is 8.22. The molecule has 0 amide bonds. The summed E-state index contributed by atoms with van der Waals surface area (Å²) in [5, 5.41) is 0. The number of carbonyl (C=O) groups excluding carboxylic acids is 1. The molecule has 0 aliphatic rings. The van der Waals surface area contributed by atoms with E-state index in [9.17, 15) is 4.79 Å². The number of unbranched alkanes of at least 4 members (excludes halogenated alkanes) is 5. The van der Waals surface area contributed by atoms with E-state index >= 15 is 0 Å². The van der Waals surface area contributed by atoms with Crippen molar-refractivity contribution in [3.63, 3.8) is 0 Å². The van der Waals surface area contributed by atoms with Crippen molar-refractivity contribution in [3.05, 3.63) is 11.6 Å². The van der Waals surface area contributed by atoms with Gasteiger partial charge in [-0.15, -0.1) is 0 Å². The van der Waals surface area contributed by atoms with Gasteiger partial charge in [0.15, 0.2) is 0 Å². The number of aldehydes is 1. The van der Waals surface area contributed by atoms with Gasteiger partial charge < -0.3 is 4.74 Å². The Kier molecular flexibility index (Phi) is 32.7. The third kappa shape index (κ3) is 30.4. The van der Waals surface area contributed by atoms with Gasteiger partial charge in [-0.25, -0.2) is 0 Å². The number of carbonyl (C=O) groups is 1. The highest BCUT2D eigenvalue weighted by Crippen LogP contribution is 2.03. The Morgan fingerprint density at radius 2 is 1.35 bits per heavy atom. The summed E-state index contributed by atoms with van der Waals surface area (Å²) in [5.74, 6) is 0. The van der Waals surface area contributed by atoms with Crippen LogP contribution in [0.25, 0.3) is 0 Å². The molecule has 0 aromatic heterocycles. The Morgan fingerprint density at radius 1 is 0.850 bits per heavy atom. The number of ether oxygens (including phenoxy) is 1. The average Bonchev–Trinajstić information content (AvgIpc) is 2.45. The summed E-state index contributed by atoms with van der Waals surface area (Å²) in [5.41, 5.74) is 0.962. The van der Waals surface area contributed by atoms with E-state index in [2.05, 4.69) is 32.4 Å². The molecule has 122 valence electrons. The minimum Gasteiger partial charge on any atom is -0.388 e. The van der Waals surface area contributed by atoms with Gasteiger partial charge in [0, 0.05) is 14.2 Å². The van der Waals surface area contributed by atoms with Crippen LogP contribution in [-0.4, -0.2) is 20.5 Å². The third-order valence-corrected chi connectivity index (χ3v) is 2.59. The van der Waals surface area contributed by atoms with Crippen LogP contribution in [0.2, 0.25) is 0 Å². The molecule has 0 heterocycles. The molecule has 0 unspecified atom stereocenters. The number of allylic oxidation sites excluding steroid dienone is 2. The van der Waals surface area contributed by atoms with Gasteiger partial charge in [-0.05, 0) is 18.4 Å². The zero-order valence-corrected chi connectivity index (χ0v) is 14.8. The molecule has 0 fully saturated rings. The van der Waals surface area contributed by atoms with Gasteiger partial charge in [-0.1, -0.05) is 78.7 Å². The number of hydrogen-bond donors (Lipinski definition) is 0. The summed E-state index contributed by atoms with van der Waals surface area (Å²) in [6.07, 6.45) is 14.2. The van der Waals surface area contributed by atoms with Crippen LogP contribution in [0.15, 0.2) is 11.6 Å². The zero-order valence-electron chi connectivity index (χ0n) is 14.8. The lowest BCUT2D eigenvalue weighted by molar-refractivity contribution is -0.105. The van der Waals surface area contributed by atoms with E-state index in [0.717, 1.165) is 37.5 Å². The summed E-state index contributed by atoms with van der Waals surface area (Å²) < 4.78 is 4.25. The monoisotopic (exact) mass is 286 g/mol. The number of rotatable bonds is 9. The SMILES string of the molecule is CCC/C=C(\C=O)CCC.CCCCCCC.COC. The molecule has 0 aromatic carbocycles. The van der Waals surface area contributed by atoms with Crippen LogP contribution in [0.4, 0.5) is 0 Å². The Morgan fingerprint density at radius 3 is 1.65 bits per heavy atom. The number of methoxy groups -OCH3 is 1. The largest absolute Gasteiger partial charge is 0.388 e. The zero-order chi connectivity index (χ0) is 16.1. The highest BCUT2D eigenvalue weighted by atomic mass is 16.4. The Balaban J connectivity index is -0.000000251. The van der Waals surface area contributed by atoms with Crippen molar-refractivity contribution in [2.75, 3.05) is 14.2 Å². The minimum absolute atomic E-state index is 0.934. The van der Waals surface area contributed by atoms with E-state index in [1.807, 2.05) is 6.08 Å². The molecule has 2 heteroatoms. The molecule has 0 rings (SSSR count). The molecule has 0 N–H and O–H groups in total. The lowest BCUT2D eigenvalue weighted by atomic mass is 10.1. The predicted molar refractivity (Wildman–Crippen MR) is 91.3 cm³/mol. The van der Waals surface area contributed by atoms with Crippen LogP contribution >= 0.6 is 0 Å². The van der Waals surface area contributed by atoms with Gasteiger partial charge in [0.1, 0.15) is 6.29 Å². The maximum atomic E-state index is 10.3. The van der Waals surface area contributed by atoms with E-state index < -0.39 is 0 Å². The summed E-state index contributed by atoms with van der Waals surface area (Å²) in [6, 6.07) is 0. The molecule has 20 heavy (non-hydrogen) atoms. The van der Waals surface area contributed by atoms with E-state index in [1.54, 1.807) is 14.2 Å². The van der Waals surface area contributed by atoms with E-state index in [4.69, 9.17) is 0 Å². The Bertz CT molecular complexity index is 182. The lowest BCUT2D eigenvalue weighted by Crippen LogP contribution is -1.83. The maximum absolute atomic E-state index is 10.3. The smallest absolute Gasteiger partial charge is 0.145 e. The summed E-state index contributed by atoms with van der Waals surface area (Å²) in [4.78, 5) is 10.3. The molecule has 0 aliphatic carbocycles. The third-order valence-electron chi connectivity index (χ3n) is 2.59. The molecule has 0 radical (unpaired) electrons. The van der Waals surface area contributed by atoms with E-state index in [0.29, 0.717) is 0 Å². The van der Waals surface area contributed by atoms with Crippen molar-refractivity contribution < 1.29 is 9.53 Å². The molecule has 2 nitrogen and oxygen atoms in total. The minimum atomic E-state index is 0.934. The highest BCUT2D eigenvalue weighted by molar-refractivity contribution is 5.72. The first kappa shape index (κ1) is 24.4.